The van der Waals surface area contributed by atoms with Crippen LogP contribution in [0.4, 0.5) is 4.79 Å². The summed E-state index contributed by atoms with van der Waals surface area (Å²) in [4.78, 5) is 14.8. The van der Waals surface area contributed by atoms with E-state index in [2.05, 4.69) is 42.5 Å². The normalized spacial score (nSPS) is 18.2. The molecule has 0 fully saturated rings. The van der Waals surface area contributed by atoms with Gasteiger partial charge in [-0.3, -0.25) is 4.90 Å². The summed E-state index contributed by atoms with van der Waals surface area (Å²) in [6, 6.07) is 30.3. The van der Waals surface area contributed by atoms with E-state index >= 15 is 0 Å². The van der Waals surface area contributed by atoms with E-state index < -0.39 is 0 Å². The van der Waals surface area contributed by atoms with Crippen LogP contribution in [-0.2, 0) is 16.1 Å². The number of hydrogen-bond acceptors (Lipinski definition) is 3. The van der Waals surface area contributed by atoms with Gasteiger partial charge in [0.25, 0.3) is 0 Å². The van der Waals surface area contributed by atoms with Gasteiger partial charge in [-0.1, -0.05) is 103 Å². The minimum atomic E-state index is -0.316. The van der Waals surface area contributed by atoms with Crippen LogP contribution in [0.5, 0.6) is 0 Å². The van der Waals surface area contributed by atoms with E-state index in [0.29, 0.717) is 13.2 Å². The summed E-state index contributed by atoms with van der Waals surface area (Å²) in [7, 11) is 1.45. The van der Waals surface area contributed by atoms with Crippen molar-refractivity contribution in [2.45, 2.75) is 31.5 Å². The van der Waals surface area contributed by atoms with Gasteiger partial charge in [0.15, 0.2) is 0 Å². The Morgan fingerprint density at radius 1 is 0.875 bits per heavy atom. The molecule has 0 saturated heterocycles. The van der Waals surface area contributed by atoms with Crippen LogP contribution in [0.15, 0.2) is 103 Å². The first-order valence-corrected chi connectivity index (χ1v) is 11.0. The van der Waals surface area contributed by atoms with Gasteiger partial charge in [-0.15, -0.1) is 0 Å². The van der Waals surface area contributed by atoms with Gasteiger partial charge in [0.2, 0.25) is 0 Å². The number of benzene rings is 3. The molecule has 32 heavy (non-hydrogen) atoms. The fourth-order valence-corrected chi connectivity index (χ4v) is 4.27. The van der Waals surface area contributed by atoms with Crippen molar-refractivity contribution in [1.29, 1.82) is 0 Å². The monoisotopic (exact) mass is 427 g/mol. The lowest BCUT2D eigenvalue weighted by atomic mass is 9.87. The highest BCUT2D eigenvalue weighted by atomic mass is 16.5. The predicted molar refractivity (Wildman–Crippen MR) is 126 cm³/mol. The molecule has 2 atom stereocenters. The van der Waals surface area contributed by atoms with Crippen LogP contribution in [0.3, 0.4) is 0 Å². The van der Waals surface area contributed by atoms with E-state index in [4.69, 9.17) is 9.47 Å². The van der Waals surface area contributed by atoms with Crippen molar-refractivity contribution >= 4 is 6.09 Å². The number of methoxy groups -OCH3 is 1. The fourth-order valence-electron chi connectivity index (χ4n) is 4.27. The van der Waals surface area contributed by atoms with E-state index in [0.717, 1.165) is 24.0 Å². The first-order valence-electron chi connectivity index (χ1n) is 11.0. The minimum absolute atomic E-state index is 0.0945. The lowest BCUT2D eigenvalue weighted by Crippen LogP contribution is -2.40. The molecule has 0 aromatic heterocycles. The molecule has 1 aliphatic rings. The SMILES string of the molecule is COC(=O)N1C(c2ccccc2)C=C(CCOCc2ccccc2)CC1c1ccccc1. The van der Waals surface area contributed by atoms with Crippen molar-refractivity contribution in [3.63, 3.8) is 0 Å². The molecule has 1 aliphatic heterocycles. The van der Waals surface area contributed by atoms with Crippen LogP contribution >= 0.6 is 0 Å². The molecule has 2 unspecified atom stereocenters. The maximum Gasteiger partial charge on any atom is 0.410 e. The molecule has 164 valence electrons. The summed E-state index contributed by atoms with van der Waals surface area (Å²) in [5.74, 6) is 0. The van der Waals surface area contributed by atoms with Crippen molar-refractivity contribution in [1.82, 2.24) is 4.90 Å². The molecule has 0 aliphatic carbocycles. The van der Waals surface area contributed by atoms with Gasteiger partial charge >= 0.3 is 6.09 Å². The standard InChI is InChI=1S/C28H29NO3/c1-31-28(30)29-26(24-13-7-3-8-14-24)19-23(20-27(29)25-15-9-4-10-16-25)17-18-32-21-22-11-5-2-6-12-22/h2-16,19,26-27H,17-18,20-21H2,1H3. The van der Waals surface area contributed by atoms with Crippen molar-refractivity contribution in [2.24, 2.45) is 0 Å². The molecule has 0 N–H and O–H groups in total. The van der Waals surface area contributed by atoms with Crippen LogP contribution in [0, 0.1) is 0 Å². The Morgan fingerprint density at radius 2 is 1.47 bits per heavy atom. The second kappa shape index (κ2) is 10.8. The van der Waals surface area contributed by atoms with Crippen molar-refractivity contribution < 1.29 is 14.3 Å². The number of hydrogen-bond donors (Lipinski definition) is 0. The Bertz CT molecular complexity index is 1020. The third kappa shape index (κ3) is 5.27. The lowest BCUT2D eigenvalue weighted by Gasteiger charge is -2.40. The zero-order valence-electron chi connectivity index (χ0n) is 18.4. The summed E-state index contributed by atoms with van der Waals surface area (Å²) in [6.07, 6.45) is 3.48. The lowest BCUT2D eigenvalue weighted by molar-refractivity contribution is 0.0835. The number of nitrogens with zero attached hydrogens (tertiary/aromatic N) is 1. The Kier molecular flexibility index (Phi) is 7.36. The van der Waals surface area contributed by atoms with Gasteiger partial charge in [-0.25, -0.2) is 4.79 Å². The van der Waals surface area contributed by atoms with Crippen LogP contribution in [0.25, 0.3) is 0 Å². The first kappa shape index (κ1) is 21.8. The molecule has 0 saturated carbocycles. The third-order valence-corrected chi connectivity index (χ3v) is 5.87. The zero-order valence-corrected chi connectivity index (χ0v) is 18.4. The molecule has 4 rings (SSSR count). The largest absolute Gasteiger partial charge is 0.453 e. The Labute approximate surface area is 190 Å². The highest BCUT2D eigenvalue weighted by Gasteiger charge is 2.36. The van der Waals surface area contributed by atoms with Gasteiger partial charge in [0.05, 0.1) is 32.4 Å². The topological polar surface area (TPSA) is 38.8 Å². The summed E-state index contributed by atoms with van der Waals surface area (Å²) in [6.45, 7) is 1.24. The van der Waals surface area contributed by atoms with E-state index in [1.807, 2.05) is 59.5 Å². The molecule has 4 heteroatoms. The van der Waals surface area contributed by atoms with Gasteiger partial charge in [0.1, 0.15) is 0 Å². The van der Waals surface area contributed by atoms with E-state index in [9.17, 15) is 4.79 Å². The zero-order chi connectivity index (χ0) is 22.2. The summed E-state index contributed by atoms with van der Waals surface area (Å²) < 4.78 is 11.2. The predicted octanol–water partition coefficient (Wildman–Crippen LogP) is 6.47. The average molecular weight is 428 g/mol. The van der Waals surface area contributed by atoms with Crippen molar-refractivity contribution in [3.05, 3.63) is 119 Å². The molecule has 0 radical (unpaired) electrons. The average Bonchev–Trinajstić information content (AvgIpc) is 2.87. The maximum atomic E-state index is 12.9. The molecule has 0 spiro atoms. The molecule has 1 amide bonds. The van der Waals surface area contributed by atoms with Crippen LogP contribution in [0.1, 0.15) is 41.6 Å². The Balaban J connectivity index is 1.58. The van der Waals surface area contributed by atoms with Crippen molar-refractivity contribution in [2.75, 3.05) is 13.7 Å². The second-order valence-corrected chi connectivity index (χ2v) is 7.98. The second-order valence-electron chi connectivity index (χ2n) is 7.98. The van der Waals surface area contributed by atoms with E-state index in [1.165, 1.54) is 18.2 Å². The molecule has 4 nitrogen and oxygen atoms in total. The number of amides is 1. The maximum absolute atomic E-state index is 12.9. The first-order chi connectivity index (χ1) is 15.8. The highest BCUT2D eigenvalue weighted by molar-refractivity contribution is 5.70. The van der Waals surface area contributed by atoms with Crippen LogP contribution < -0.4 is 0 Å². The summed E-state index contributed by atoms with van der Waals surface area (Å²) in [5.41, 5.74) is 4.64. The molecule has 3 aromatic carbocycles. The quantitative estimate of drug-likeness (QED) is 0.320. The molecule has 1 heterocycles. The van der Waals surface area contributed by atoms with Gasteiger partial charge in [0, 0.05) is 0 Å². The van der Waals surface area contributed by atoms with Crippen LogP contribution in [-0.4, -0.2) is 24.7 Å². The van der Waals surface area contributed by atoms with Crippen molar-refractivity contribution in [3.8, 4) is 0 Å². The van der Waals surface area contributed by atoms with Crippen LogP contribution in [0.2, 0.25) is 0 Å². The minimum Gasteiger partial charge on any atom is -0.453 e. The highest BCUT2D eigenvalue weighted by Crippen LogP contribution is 2.42. The fraction of sp³-hybridized carbons (Fsp3) is 0.250. The molecule has 0 bridgehead atoms. The van der Waals surface area contributed by atoms with Gasteiger partial charge < -0.3 is 9.47 Å². The molecular weight excluding hydrogens is 398 g/mol. The number of rotatable bonds is 7. The molecular formula is C28H29NO3. The van der Waals surface area contributed by atoms with Gasteiger partial charge in [-0.2, -0.15) is 0 Å². The van der Waals surface area contributed by atoms with Gasteiger partial charge in [-0.05, 0) is 29.5 Å². The summed E-state index contributed by atoms with van der Waals surface area (Å²) in [5, 5.41) is 0. The summed E-state index contributed by atoms with van der Waals surface area (Å²) >= 11 is 0. The number of ether oxygens (including phenoxy) is 2. The molecule has 3 aromatic rings. The number of carbonyl (C=O) groups is 1. The Morgan fingerprint density at radius 3 is 2.09 bits per heavy atom. The number of carbonyl (C=O) groups excluding carboxylic acids is 1. The van der Waals surface area contributed by atoms with E-state index in [1.54, 1.807) is 0 Å². The third-order valence-electron chi connectivity index (χ3n) is 5.87. The van der Waals surface area contributed by atoms with E-state index in [-0.39, 0.29) is 18.2 Å². The Hall–Kier alpha value is -3.37. The smallest absolute Gasteiger partial charge is 0.410 e.